The van der Waals surface area contributed by atoms with Crippen molar-refractivity contribution < 1.29 is 0 Å². The Kier molecular flexibility index (Phi) is 5.68. The molecule has 0 spiro atoms. The molecule has 0 amide bonds. The van der Waals surface area contributed by atoms with Gasteiger partial charge in [0.1, 0.15) is 0 Å². The Morgan fingerprint density at radius 2 is 1.88 bits per heavy atom. The van der Waals surface area contributed by atoms with E-state index in [9.17, 15) is 0 Å². The summed E-state index contributed by atoms with van der Waals surface area (Å²) >= 11 is 2.17. The van der Waals surface area contributed by atoms with Gasteiger partial charge in [-0.25, -0.2) is 0 Å². The SMILES string of the molecule is CCCNC(C1CCC(C)CC1)C1CCSC1. The molecule has 1 nitrogen and oxygen atoms in total. The molecule has 1 saturated carbocycles. The average Bonchev–Trinajstić information content (AvgIpc) is 2.85. The van der Waals surface area contributed by atoms with Gasteiger partial charge < -0.3 is 5.32 Å². The highest BCUT2D eigenvalue weighted by Gasteiger charge is 2.33. The third-order valence-corrected chi connectivity index (χ3v) is 5.86. The minimum atomic E-state index is 0.831. The van der Waals surface area contributed by atoms with E-state index in [4.69, 9.17) is 0 Å². The molecule has 0 aromatic heterocycles. The van der Waals surface area contributed by atoms with Crippen LogP contribution in [-0.2, 0) is 0 Å². The van der Waals surface area contributed by atoms with Crippen LogP contribution >= 0.6 is 11.8 Å². The minimum absolute atomic E-state index is 0.831. The van der Waals surface area contributed by atoms with E-state index in [2.05, 4.69) is 30.9 Å². The van der Waals surface area contributed by atoms with Crippen molar-refractivity contribution in [3.05, 3.63) is 0 Å². The Morgan fingerprint density at radius 3 is 2.47 bits per heavy atom. The number of hydrogen-bond acceptors (Lipinski definition) is 2. The van der Waals surface area contributed by atoms with Gasteiger partial charge in [0, 0.05) is 6.04 Å². The van der Waals surface area contributed by atoms with E-state index in [0.29, 0.717) is 0 Å². The highest BCUT2D eigenvalue weighted by molar-refractivity contribution is 7.99. The average molecular weight is 255 g/mol. The van der Waals surface area contributed by atoms with Gasteiger partial charge in [0.25, 0.3) is 0 Å². The van der Waals surface area contributed by atoms with E-state index < -0.39 is 0 Å². The van der Waals surface area contributed by atoms with Crippen LogP contribution in [-0.4, -0.2) is 24.1 Å². The zero-order chi connectivity index (χ0) is 12.1. The monoisotopic (exact) mass is 255 g/mol. The van der Waals surface area contributed by atoms with Crippen molar-refractivity contribution in [1.82, 2.24) is 5.32 Å². The molecule has 1 aliphatic carbocycles. The van der Waals surface area contributed by atoms with E-state index in [1.807, 2.05) is 0 Å². The van der Waals surface area contributed by atoms with Crippen molar-refractivity contribution >= 4 is 11.8 Å². The molecule has 2 fully saturated rings. The molecule has 2 rings (SSSR count). The molecule has 2 heteroatoms. The quantitative estimate of drug-likeness (QED) is 0.799. The molecule has 1 heterocycles. The highest BCUT2D eigenvalue weighted by atomic mass is 32.2. The smallest absolute Gasteiger partial charge is 0.0132 e. The molecule has 0 bridgehead atoms. The summed E-state index contributed by atoms with van der Waals surface area (Å²) in [5, 5.41) is 3.88. The molecule has 17 heavy (non-hydrogen) atoms. The second kappa shape index (κ2) is 7.04. The third-order valence-electron chi connectivity index (χ3n) is 4.67. The van der Waals surface area contributed by atoms with E-state index >= 15 is 0 Å². The first-order chi connectivity index (χ1) is 8.31. The normalized spacial score (nSPS) is 36.0. The lowest BCUT2D eigenvalue weighted by molar-refractivity contribution is 0.192. The first-order valence-corrected chi connectivity index (χ1v) is 8.77. The molecule has 2 atom stereocenters. The summed E-state index contributed by atoms with van der Waals surface area (Å²) in [6.07, 6.45) is 8.62. The topological polar surface area (TPSA) is 12.0 Å². The molecule has 1 N–H and O–H groups in total. The Labute approximate surface area is 112 Å². The summed E-state index contributed by atoms with van der Waals surface area (Å²) in [5.74, 6) is 5.73. The predicted octanol–water partition coefficient (Wildman–Crippen LogP) is 3.93. The van der Waals surface area contributed by atoms with Gasteiger partial charge in [-0.3, -0.25) is 0 Å². The lowest BCUT2D eigenvalue weighted by atomic mass is 9.75. The predicted molar refractivity (Wildman–Crippen MR) is 78.6 cm³/mol. The standard InChI is InChI=1S/C15H29NS/c1-3-9-16-15(14-8-10-17-11-14)13-6-4-12(2)5-7-13/h12-16H,3-11H2,1-2H3. The number of nitrogens with one attached hydrogen (secondary N) is 1. The summed E-state index contributed by atoms with van der Waals surface area (Å²) in [6.45, 7) is 5.93. The zero-order valence-electron chi connectivity index (χ0n) is 11.6. The maximum Gasteiger partial charge on any atom is 0.0132 e. The second-order valence-electron chi connectivity index (χ2n) is 6.12. The lowest BCUT2D eigenvalue weighted by Crippen LogP contribution is -2.44. The minimum Gasteiger partial charge on any atom is -0.313 e. The van der Waals surface area contributed by atoms with E-state index in [1.54, 1.807) is 0 Å². The van der Waals surface area contributed by atoms with Gasteiger partial charge in [0.2, 0.25) is 0 Å². The molecule has 0 aromatic carbocycles. The molecule has 100 valence electrons. The summed E-state index contributed by atoms with van der Waals surface area (Å²) in [5.41, 5.74) is 0. The van der Waals surface area contributed by atoms with Gasteiger partial charge >= 0.3 is 0 Å². The molecule has 2 unspecified atom stereocenters. The molecule has 1 saturated heterocycles. The van der Waals surface area contributed by atoms with E-state index in [1.165, 1.54) is 56.6 Å². The number of hydrogen-bond donors (Lipinski definition) is 1. The van der Waals surface area contributed by atoms with Crippen LogP contribution in [0.15, 0.2) is 0 Å². The largest absolute Gasteiger partial charge is 0.313 e. The van der Waals surface area contributed by atoms with E-state index in [0.717, 1.165) is 23.8 Å². The highest BCUT2D eigenvalue weighted by Crippen LogP contribution is 2.37. The van der Waals surface area contributed by atoms with Crippen LogP contribution in [0.4, 0.5) is 0 Å². The lowest BCUT2D eigenvalue weighted by Gasteiger charge is -2.36. The maximum absolute atomic E-state index is 3.88. The fraction of sp³-hybridized carbons (Fsp3) is 1.00. The summed E-state index contributed by atoms with van der Waals surface area (Å²) in [6, 6.07) is 0.831. The van der Waals surface area contributed by atoms with Gasteiger partial charge in [-0.2, -0.15) is 11.8 Å². The first-order valence-electron chi connectivity index (χ1n) is 7.62. The van der Waals surface area contributed by atoms with Gasteiger partial charge in [-0.15, -0.1) is 0 Å². The maximum atomic E-state index is 3.88. The number of thioether (sulfide) groups is 1. The van der Waals surface area contributed by atoms with Crippen molar-refractivity contribution in [1.29, 1.82) is 0 Å². The Morgan fingerprint density at radius 1 is 1.12 bits per heavy atom. The van der Waals surface area contributed by atoms with Crippen LogP contribution in [0.2, 0.25) is 0 Å². The van der Waals surface area contributed by atoms with Crippen LogP contribution in [0.1, 0.15) is 52.4 Å². The van der Waals surface area contributed by atoms with Gasteiger partial charge in [0.05, 0.1) is 0 Å². The van der Waals surface area contributed by atoms with Crippen LogP contribution in [0.25, 0.3) is 0 Å². The van der Waals surface area contributed by atoms with Crippen molar-refractivity contribution in [2.75, 3.05) is 18.1 Å². The van der Waals surface area contributed by atoms with Crippen LogP contribution in [0.5, 0.6) is 0 Å². The third kappa shape index (κ3) is 3.89. The summed E-state index contributed by atoms with van der Waals surface area (Å²) in [4.78, 5) is 0. The van der Waals surface area contributed by atoms with Gasteiger partial charge in [-0.05, 0) is 61.5 Å². The molecular formula is C15H29NS. The van der Waals surface area contributed by atoms with Crippen molar-refractivity contribution in [2.24, 2.45) is 17.8 Å². The fourth-order valence-electron chi connectivity index (χ4n) is 3.51. The molecule has 0 aromatic rings. The van der Waals surface area contributed by atoms with Crippen molar-refractivity contribution in [2.45, 2.75) is 58.4 Å². The van der Waals surface area contributed by atoms with E-state index in [-0.39, 0.29) is 0 Å². The Hall–Kier alpha value is 0.310. The molecular weight excluding hydrogens is 226 g/mol. The van der Waals surface area contributed by atoms with Crippen LogP contribution in [0, 0.1) is 17.8 Å². The first kappa shape index (κ1) is 13.7. The second-order valence-corrected chi connectivity index (χ2v) is 7.27. The van der Waals surface area contributed by atoms with Crippen molar-refractivity contribution in [3.8, 4) is 0 Å². The zero-order valence-corrected chi connectivity index (χ0v) is 12.4. The molecule has 2 aliphatic rings. The van der Waals surface area contributed by atoms with Crippen LogP contribution < -0.4 is 5.32 Å². The number of rotatable bonds is 5. The molecule has 1 aliphatic heterocycles. The molecule has 0 radical (unpaired) electrons. The van der Waals surface area contributed by atoms with Crippen molar-refractivity contribution in [3.63, 3.8) is 0 Å². The Bertz CT molecular complexity index is 205. The summed E-state index contributed by atoms with van der Waals surface area (Å²) < 4.78 is 0. The fourth-order valence-corrected chi connectivity index (χ4v) is 4.82. The van der Waals surface area contributed by atoms with Crippen LogP contribution in [0.3, 0.4) is 0 Å². The van der Waals surface area contributed by atoms with Gasteiger partial charge in [-0.1, -0.05) is 26.7 Å². The summed E-state index contributed by atoms with van der Waals surface area (Å²) in [7, 11) is 0. The van der Waals surface area contributed by atoms with Gasteiger partial charge in [0.15, 0.2) is 0 Å². The Balaban J connectivity index is 1.89.